The summed E-state index contributed by atoms with van der Waals surface area (Å²) in [4.78, 5) is 1.31. The number of hydrazine groups is 1. The van der Waals surface area contributed by atoms with Gasteiger partial charge < -0.3 is 4.74 Å². The van der Waals surface area contributed by atoms with Gasteiger partial charge in [-0.1, -0.05) is 18.2 Å². The molecule has 0 amide bonds. The zero-order valence-corrected chi connectivity index (χ0v) is 11.7. The van der Waals surface area contributed by atoms with Crippen LogP contribution in [0.4, 0.5) is 0 Å². The quantitative estimate of drug-likeness (QED) is 0.489. The fraction of sp³-hybridized carbons (Fsp3) is 0.571. The van der Waals surface area contributed by atoms with Crippen LogP contribution in [-0.4, -0.2) is 19.5 Å². The van der Waals surface area contributed by atoms with Crippen molar-refractivity contribution in [2.24, 2.45) is 11.8 Å². The summed E-state index contributed by atoms with van der Waals surface area (Å²) in [5, 5.41) is 0. The highest BCUT2D eigenvalue weighted by atomic mass is 32.2. The molecule has 1 aromatic rings. The molecule has 0 aliphatic carbocycles. The predicted molar refractivity (Wildman–Crippen MR) is 76.4 cm³/mol. The maximum atomic E-state index is 5.76. The molecule has 1 heterocycles. The first-order valence-electron chi connectivity index (χ1n) is 6.52. The van der Waals surface area contributed by atoms with Crippen LogP contribution < -0.4 is 11.3 Å². The fourth-order valence-corrected chi connectivity index (χ4v) is 3.22. The minimum absolute atomic E-state index is 0.247. The summed E-state index contributed by atoms with van der Waals surface area (Å²) in [6.07, 6.45) is 5.51. The van der Waals surface area contributed by atoms with Crippen LogP contribution >= 0.6 is 11.8 Å². The molecule has 0 saturated carbocycles. The third-order valence-electron chi connectivity index (χ3n) is 3.63. The molecule has 0 bridgehead atoms. The molecule has 0 radical (unpaired) electrons. The topological polar surface area (TPSA) is 47.3 Å². The fourth-order valence-electron chi connectivity index (χ4n) is 2.55. The molecule has 3 nitrogen and oxygen atoms in total. The number of hydrogen-bond acceptors (Lipinski definition) is 4. The molecule has 1 aliphatic heterocycles. The molecule has 18 heavy (non-hydrogen) atoms. The molecule has 1 unspecified atom stereocenters. The molecule has 2 rings (SSSR count). The number of nitrogens with one attached hydrogen (secondary N) is 1. The van der Waals surface area contributed by atoms with Gasteiger partial charge in [0.15, 0.2) is 0 Å². The lowest BCUT2D eigenvalue weighted by Crippen LogP contribution is -2.31. The van der Waals surface area contributed by atoms with Crippen molar-refractivity contribution in [3.63, 3.8) is 0 Å². The zero-order chi connectivity index (χ0) is 12.8. The smallest absolute Gasteiger partial charge is 0.0473 e. The van der Waals surface area contributed by atoms with E-state index in [-0.39, 0.29) is 6.04 Å². The van der Waals surface area contributed by atoms with Crippen LogP contribution in [0.5, 0.6) is 0 Å². The van der Waals surface area contributed by atoms with Crippen LogP contribution in [-0.2, 0) is 4.74 Å². The molecule has 1 aromatic carbocycles. The second kappa shape index (κ2) is 7.14. The Morgan fingerprint density at radius 1 is 1.39 bits per heavy atom. The van der Waals surface area contributed by atoms with Crippen LogP contribution in [0.25, 0.3) is 0 Å². The Morgan fingerprint density at radius 2 is 2.11 bits per heavy atom. The molecule has 1 fully saturated rings. The highest BCUT2D eigenvalue weighted by molar-refractivity contribution is 7.98. The number of hydrogen-bond donors (Lipinski definition) is 2. The first-order chi connectivity index (χ1) is 8.85. The average molecular weight is 266 g/mol. The Kier molecular flexibility index (Phi) is 5.50. The summed E-state index contributed by atoms with van der Waals surface area (Å²) in [6.45, 7) is 1.79. The molecular formula is C14H22N2OS. The summed E-state index contributed by atoms with van der Waals surface area (Å²) in [5.74, 6) is 6.47. The molecule has 3 N–H and O–H groups in total. The SMILES string of the molecule is CSc1ccccc1C(CC1CCOCC1)NN. The van der Waals surface area contributed by atoms with E-state index < -0.39 is 0 Å². The van der Waals surface area contributed by atoms with Gasteiger partial charge in [0.2, 0.25) is 0 Å². The van der Waals surface area contributed by atoms with E-state index >= 15 is 0 Å². The number of ether oxygens (including phenoxy) is 1. The number of benzene rings is 1. The van der Waals surface area contributed by atoms with Crippen molar-refractivity contribution >= 4 is 11.8 Å². The highest BCUT2D eigenvalue weighted by Crippen LogP contribution is 2.31. The zero-order valence-electron chi connectivity index (χ0n) is 10.9. The minimum atomic E-state index is 0.247. The van der Waals surface area contributed by atoms with Crippen molar-refractivity contribution in [2.45, 2.75) is 30.2 Å². The van der Waals surface area contributed by atoms with E-state index in [1.54, 1.807) is 11.8 Å². The van der Waals surface area contributed by atoms with E-state index in [2.05, 4.69) is 35.9 Å². The first-order valence-corrected chi connectivity index (χ1v) is 7.74. The van der Waals surface area contributed by atoms with Crippen molar-refractivity contribution < 1.29 is 4.74 Å². The molecular weight excluding hydrogens is 244 g/mol. The van der Waals surface area contributed by atoms with Gasteiger partial charge in [-0.05, 0) is 43.1 Å². The van der Waals surface area contributed by atoms with Gasteiger partial charge in [0, 0.05) is 24.2 Å². The Morgan fingerprint density at radius 3 is 2.78 bits per heavy atom. The third-order valence-corrected chi connectivity index (χ3v) is 4.44. The third kappa shape index (κ3) is 3.48. The number of rotatable bonds is 5. The second-order valence-electron chi connectivity index (χ2n) is 4.75. The molecule has 4 heteroatoms. The van der Waals surface area contributed by atoms with Crippen LogP contribution in [0, 0.1) is 5.92 Å². The summed E-state index contributed by atoms with van der Waals surface area (Å²) in [7, 11) is 0. The molecule has 100 valence electrons. The maximum Gasteiger partial charge on any atom is 0.0473 e. The van der Waals surface area contributed by atoms with E-state index in [0.717, 1.165) is 38.4 Å². The molecule has 0 spiro atoms. The summed E-state index contributed by atoms with van der Waals surface area (Å²) in [6, 6.07) is 8.75. The summed E-state index contributed by atoms with van der Waals surface area (Å²) < 4.78 is 5.41. The normalized spacial score (nSPS) is 18.8. The van der Waals surface area contributed by atoms with E-state index in [1.165, 1.54) is 10.5 Å². The second-order valence-corrected chi connectivity index (χ2v) is 5.60. The highest BCUT2D eigenvalue weighted by Gasteiger charge is 2.21. The molecule has 1 atom stereocenters. The van der Waals surface area contributed by atoms with Crippen molar-refractivity contribution in [3.8, 4) is 0 Å². The average Bonchev–Trinajstić information content (AvgIpc) is 2.46. The molecule has 1 saturated heterocycles. The van der Waals surface area contributed by atoms with Crippen molar-refractivity contribution in [1.29, 1.82) is 0 Å². The molecule has 1 aliphatic rings. The van der Waals surface area contributed by atoms with Crippen LogP contribution in [0.15, 0.2) is 29.2 Å². The largest absolute Gasteiger partial charge is 0.381 e. The van der Waals surface area contributed by atoms with Crippen molar-refractivity contribution in [2.75, 3.05) is 19.5 Å². The maximum absolute atomic E-state index is 5.76. The van der Waals surface area contributed by atoms with Crippen molar-refractivity contribution in [1.82, 2.24) is 5.43 Å². The molecule has 0 aromatic heterocycles. The van der Waals surface area contributed by atoms with Gasteiger partial charge >= 0.3 is 0 Å². The van der Waals surface area contributed by atoms with E-state index in [9.17, 15) is 0 Å². The van der Waals surface area contributed by atoms with E-state index in [4.69, 9.17) is 10.6 Å². The van der Waals surface area contributed by atoms with Gasteiger partial charge in [-0.2, -0.15) is 0 Å². The lowest BCUT2D eigenvalue weighted by molar-refractivity contribution is 0.0604. The van der Waals surface area contributed by atoms with Gasteiger partial charge in [-0.3, -0.25) is 11.3 Å². The Bertz CT molecular complexity index is 367. The van der Waals surface area contributed by atoms with Crippen LogP contribution in [0.1, 0.15) is 30.9 Å². The first kappa shape index (κ1) is 13.9. The minimum Gasteiger partial charge on any atom is -0.381 e. The number of thioether (sulfide) groups is 1. The van der Waals surface area contributed by atoms with Gasteiger partial charge in [0.25, 0.3) is 0 Å². The van der Waals surface area contributed by atoms with Gasteiger partial charge in [-0.15, -0.1) is 11.8 Å². The van der Waals surface area contributed by atoms with E-state index in [1.807, 2.05) is 0 Å². The summed E-state index contributed by atoms with van der Waals surface area (Å²) >= 11 is 1.78. The van der Waals surface area contributed by atoms with Crippen LogP contribution in [0.3, 0.4) is 0 Å². The predicted octanol–water partition coefficient (Wildman–Crippen LogP) is 2.73. The summed E-state index contributed by atoms with van der Waals surface area (Å²) in [5.41, 5.74) is 4.30. The van der Waals surface area contributed by atoms with E-state index in [0.29, 0.717) is 0 Å². The van der Waals surface area contributed by atoms with Crippen molar-refractivity contribution in [3.05, 3.63) is 29.8 Å². The Balaban J connectivity index is 2.07. The van der Waals surface area contributed by atoms with Gasteiger partial charge in [0.1, 0.15) is 0 Å². The Labute approximate surface area is 113 Å². The monoisotopic (exact) mass is 266 g/mol. The Hall–Kier alpha value is -0.550. The van der Waals surface area contributed by atoms with Gasteiger partial charge in [-0.25, -0.2) is 0 Å². The lowest BCUT2D eigenvalue weighted by Gasteiger charge is -2.27. The standard InChI is InChI=1S/C14H22N2OS/c1-18-14-5-3-2-4-12(14)13(16-15)10-11-6-8-17-9-7-11/h2-5,11,13,16H,6-10,15H2,1H3. The van der Waals surface area contributed by atoms with Gasteiger partial charge in [0.05, 0.1) is 0 Å². The lowest BCUT2D eigenvalue weighted by atomic mass is 9.90. The number of nitrogens with two attached hydrogens (primary N) is 1. The van der Waals surface area contributed by atoms with Crippen LogP contribution in [0.2, 0.25) is 0 Å².